The maximum Gasteiger partial charge on any atom is 0.333 e. The average molecular weight is 233 g/mol. The van der Waals surface area contributed by atoms with Crippen LogP contribution in [0.25, 0.3) is 0 Å². The second kappa shape index (κ2) is 4.82. The molecule has 2 rings (SSSR count). The van der Waals surface area contributed by atoms with E-state index < -0.39 is 5.97 Å². The molecular formula is C13H12FNO2. The Morgan fingerprint density at radius 1 is 1.35 bits per heavy atom. The van der Waals surface area contributed by atoms with Gasteiger partial charge in [0.15, 0.2) is 0 Å². The molecule has 1 aliphatic rings. The quantitative estimate of drug-likeness (QED) is 0.869. The lowest BCUT2D eigenvalue weighted by Gasteiger charge is -2.23. The Labute approximate surface area is 98.5 Å². The molecule has 0 atom stereocenters. The van der Waals surface area contributed by atoms with Crippen molar-refractivity contribution in [2.24, 2.45) is 0 Å². The third-order valence-corrected chi connectivity index (χ3v) is 2.54. The third kappa shape index (κ3) is 2.93. The molecule has 1 N–H and O–H groups in total. The minimum absolute atomic E-state index is 0.269. The maximum atomic E-state index is 12.7. The molecule has 1 aromatic rings. The number of nitrogens with zero attached hydrogens (tertiary/aromatic N) is 1. The van der Waals surface area contributed by atoms with Gasteiger partial charge in [0.1, 0.15) is 5.82 Å². The molecule has 1 aliphatic heterocycles. The summed E-state index contributed by atoms with van der Waals surface area (Å²) >= 11 is 0. The number of allylic oxidation sites excluding steroid dienone is 2. The monoisotopic (exact) mass is 233 g/mol. The van der Waals surface area contributed by atoms with E-state index >= 15 is 0 Å². The lowest BCUT2D eigenvalue weighted by atomic mass is 10.1. The summed E-state index contributed by atoms with van der Waals surface area (Å²) in [7, 11) is 0. The van der Waals surface area contributed by atoms with E-state index in [0.29, 0.717) is 18.7 Å². The van der Waals surface area contributed by atoms with E-state index in [1.165, 1.54) is 12.1 Å². The second-order valence-electron chi connectivity index (χ2n) is 3.87. The largest absolute Gasteiger partial charge is 0.478 e. The van der Waals surface area contributed by atoms with Crippen LogP contribution in [0.4, 0.5) is 4.39 Å². The highest BCUT2D eigenvalue weighted by Crippen LogP contribution is 2.12. The predicted molar refractivity (Wildman–Crippen MR) is 61.7 cm³/mol. The van der Waals surface area contributed by atoms with E-state index in [2.05, 4.69) is 0 Å². The molecule has 0 spiro atoms. The Morgan fingerprint density at radius 3 is 2.71 bits per heavy atom. The van der Waals surface area contributed by atoms with Crippen LogP contribution in [0.15, 0.2) is 48.2 Å². The van der Waals surface area contributed by atoms with Gasteiger partial charge in [-0.05, 0) is 36.0 Å². The van der Waals surface area contributed by atoms with Crippen LogP contribution >= 0.6 is 0 Å². The van der Waals surface area contributed by atoms with Crippen LogP contribution in [0.1, 0.15) is 5.56 Å². The van der Waals surface area contributed by atoms with Gasteiger partial charge in [-0.3, -0.25) is 0 Å². The molecule has 0 saturated heterocycles. The fourth-order valence-corrected chi connectivity index (χ4v) is 1.68. The van der Waals surface area contributed by atoms with Gasteiger partial charge in [-0.15, -0.1) is 0 Å². The first-order valence-corrected chi connectivity index (χ1v) is 5.24. The number of benzene rings is 1. The van der Waals surface area contributed by atoms with Crippen molar-refractivity contribution in [3.05, 3.63) is 59.6 Å². The normalized spacial score (nSPS) is 14.6. The molecule has 0 radical (unpaired) electrons. The van der Waals surface area contributed by atoms with Crippen molar-refractivity contribution in [2.75, 3.05) is 6.54 Å². The van der Waals surface area contributed by atoms with Gasteiger partial charge in [0.2, 0.25) is 0 Å². The molecule has 0 aromatic heterocycles. The zero-order chi connectivity index (χ0) is 12.3. The minimum Gasteiger partial charge on any atom is -0.478 e. The molecule has 0 bridgehead atoms. The number of hydrogen-bond acceptors (Lipinski definition) is 2. The summed E-state index contributed by atoms with van der Waals surface area (Å²) < 4.78 is 12.7. The van der Waals surface area contributed by atoms with Crippen LogP contribution in [-0.4, -0.2) is 22.5 Å². The molecular weight excluding hydrogens is 221 g/mol. The summed E-state index contributed by atoms with van der Waals surface area (Å²) in [6.45, 7) is 0.935. The highest BCUT2D eigenvalue weighted by Gasteiger charge is 2.13. The van der Waals surface area contributed by atoms with E-state index in [1.807, 2.05) is 11.1 Å². The van der Waals surface area contributed by atoms with Gasteiger partial charge < -0.3 is 10.0 Å². The molecule has 0 amide bonds. The fourth-order valence-electron chi connectivity index (χ4n) is 1.68. The van der Waals surface area contributed by atoms with Crippen molar-refractivity contribution < 1.29 is 14.3 Å². The Kier molecular flexibility index (Phi) is 3.23. The Bertz CT molecular complexity index is 477. The van der Waals surface area contributed by atoms with Crippen LogP contribution < -0.4 is 0 Å². The lowest BCUT2D eigenvalue weighted by molar-refractivity contribution is -0.132. The highest BCUT2D eigenvalue weighted by atomic mass is 19.1. The summed E-state index contributed by atoms with van der Waals surface area (Å²) in [6.07, 6.45) is 5.12. The smallest absolute Gasteiger partial charge is 0.333 e. The number of rotatable bonds is 3. The first-order valence-electron chi connectivity index (χ1n) is 5.24. The van der Waals surface area contributed by atoms with Gasteiger partial charge in [0, 0.05) is 13.1 Å². The van der Waals surface area contributed by atoms with E-state index in [-0.39, 0.29) is 5.82 Å². The summed E-state index contributed by atoms with van der Waals surface area (Å²) in [4.78, 5) is 12.7. The Hall–Kier alpha value is -2.10. The van der Waals surface area contributed by atoms with Gasteiger partial charge in [-0.25, -0.2) is 9.18 Å². The van der Waals surface area contributed by atoms with Gasteiger partial charge in [-0.2, -0.15) is 0 Å². The number of aliphatic carboxylic acids is 1. The lowest BCUT2D eigenvalue weighted by Crippen LogP contribution is -2.24. The molecule has 1 heterocycles. The van der Waals surface area contributed by atoms with Gasteiger partial charge >= 0.3 is 5.97 Å². The number of carbonyl (C=O) groups is 1. The number of carboxylic acid groups (broad SMARTS) is 1. The molecule has 3 nitrogen and oxygen atoms in total. The molecule has 0 fully saturated rings. The molecule has 0 aliphatic carbocycles. The van der Waals surface area contributed by atoms with E-state index in [0.717, 1.165) is 5.56 Å². The van der Waals surface area contributed by atoms with Gasteiger partial charge in [0.25, 0.3) is 0 Å². The van der Waals surface area contributed by atoms with E-state index in [9.17, 15) is 9.18 Å². The molecule has 4 heteroatoms. The summed E-state index contributed by atoms with van der Waals surface area (Å²) in [6, 6.07) is 6.19. The molecule has 88 valence electrons. The van der Waals surface area contributed by atoms with Crippen LogP contribution in [0, 0.1) is 5.82 Å². The summed E-state index contributed by atoms with van der Waals surface area (Å²) in [5, 5.41) is 8.88. The zero-order valence-corrected chi connectivity index (χ0v) is 9.14. The molecule has 0 unspecified atom stereocenters. The first kappa shape index (κ1) is 11.4. The summed E-state index contributed by atoms with van der Waals surface area (Å²) in [5.41, 5.74) is 1.30. The van der Waals surface area contributed by atoms with Crippen LogP contribution in [-0.2, 0) is 11.3 Å². The summed E-state index contributed by atoms with van der Waals surface area (Å²) in [5.74, 6) is -1.17. The van der Waals surface area contributed by atoms with Crippen molar-refractivity contribution in [1.29, 1.82) is 0 Å². The standard InChI is InChI=1S/C13H12FNO2/c14-12-5-3-10(4-6-12)8-15-7-1-2-11(9-15)13(16)17/h1-7H,8-9H2,(H,16,17). The first-order chi connectivity index (χ1) is 8.15. The van der Waals surface area contributed by atoms with Crippen molar-refractivity contribution in [3.63, 3.8) is 0 Å². The Balaban J connectivity index is 2.02. The van der Waals surface area contributed by atoms with Crippen LogP contribution in [0.5, 0.6) is 0 Å². The van der Waals surface area contributed by atoms with Crippen LogP contribution in [0.3, 0.4) is 0 Å². The second-order valence-corrected chi connectivity index (χ2v) is 3.87. The topological polar surface area (TPSA) is 40.5 Å². The maximum absolute atomic E-state index is 12.7. The fraction of sp³-hybridized carbons (Fsp3) is 0.154. The molecule has 17 heavy (non-hydrogen) atoms. The van der Waals surface area contributed by atoms with Gasteiger partial charge in [0.05, 0.1) is 5.57 Å². The average Bonchev–Trinajstić information content (AvgIpc) is 2.32. The van der Waals surface area contributed by atoms with Gasteiger partial charge in [-0.1, -0.05) is 12.1 Å². The molecule has 0 saturated carbocycles. The van der Waals surface area contributed by atoms with Crippen molar-refractivity contribution in [3.8, 4) is 0 Å². The van der Waals surface area contributed by atoms with Crippen molar-refractivity contribution in [2.45, 2.75) is 6.54 Å². The zero-order valence-electron chi connectivity index (χ0n) is 9.14. The van der Waals surface area contributed by atoms with Crippen molar-refractivity contribution in [1.82, 2.24) is 4.90 Å². The van der Waals surface area contributed by atoms with E-state index in [1.54, 1.807) is 24.3 Å². The van der Waals surface area contributed by atoms with Crippen molar-refractivity contribution >= 4 is 5.97 Å². The minimum atomic E-state index is -0.904. The number of carboxylic acids is 1. The third-order valence-electron chi connectivity index (χ3n) is 2.54. The number of hydrogen-bond donors (Lipinski definition) is 1. The number of halogens is 1. The SMILES string of the molecule is O=C(O)C1=CC=CN(Cc2ccc(F)cc2)C1. The Morgan fingerprint density at radius 2 is 2.06 bits per heavy atom. The highest BCUT2D eigenvalue weighted by molar-refractivity contribution is 5.87. The predicted octanol–water partition coefficient (Wildman–Crippen LogP) is 2.17. The molecule has 1 aromatic carbocycles. The van der Waals surface area contributed by atoms with Crippen LogP contribution in [0.2, 0.25) is 0 Å². The van der Waals surface area contributed by atoms with E-state index in [4.69, 9.17) is 5.11 Å².